The molecule has 0 aliphatic carbocycles. The van der Waals surface area contributed by atoms with Gasteiger partial charge in [0, 0.05) is 31.7 Å². The molecule has 1 saturated heterocycles. The molecule has 1 heterocycles. The van der Waals surface area contributed by atoms with Gasteiger partial charge in [0.1, 0.15) is 0 Å². The summed E-state index contributed by atoms with van der Waals surface area (Å²) in [6, 6.07) is 0. The van der Waals surface area contributed by atoms with Gasteiger partial charge in [0.15, 0.2) is 0 Å². The summed E-state index contributed by atoms with van der Waals surface area (Å²) in [7, 11) is 0. The third kappa shape index (κ3) is 4.43. The Balaban J connectivity index is 2.23. The number of carboxylic acids is 1. The summed E-state index contributed by atoms with van der Waals surface area (Å²) in [5.41, 5.74) is 0. The first-order valence-corrected chi connectivity index (χ1v) is 7.01. The fraction of sp³-hybridized carbons (Fsp3) is 0.818. The van der Waals surface area contributed by atoms with Crippen molar-refractivity contribution >= 4 is 23.6 Å². The lowest BCUT2D eigenvalue weighted by Gasteiger charge is -2.16. The van der Waals surface area contributed by atoms with Crippen molar-refractivity contribution in [1.82, 2.24) is 4.90 Å². The smallest absolute Gasteiger partial charge is 0.303 e. The van der Waals surface area contributed by atoms with Crippen LogP contribution in [0.2, 0.25) is 0 Å². The largest absolute Gasteiger partial charge is 0.481 e. The van der Waals surface area contributed by atoms with Crippen molar-refractivity contribution in [2.45, 2.75) is 25.7 Å². The summed E-state index contributed by atoms with van der Waals surface area (Å²) in [5, 5.41) is 8.58. The quantitative estimate of drug-likeness (QED) is 0.769. The van der Waals surface area contributed by atoms with E-state index in [2.05, 4.69) is 0 Å². The van der Waals surface area contributed by atoms with Gasteiger partial charge in [-0.3, -0.25) is 9.59 Å². The van der Waals surface area contributed by atoms with Crippen LogP contribution >= 0.6 is 11.8 Å². The number of amides is 1. The number of nitrogens with zero attached hydrogens (tertiary/aromatic N) is 1. The molecule has 1 atom stereocenters. The zero-order valence-electron chi connectivity index (χ0n) is 9.65. The Morgan fingerprint density at radius 1 is 1.44 bits per heavy atom. The molecule has 1 N–H and O–H groups in total. The van der Waals surface area contributed by atoms with Crippen LogP contribution in [-0.4, -0.2) is 47.0 Å². The molecule has 0 spiro atoms. The van der Waals surface area contributed by atoms with E-state index < -0.39 is 5.97 Å². The van der Waals surface area contributed by atoms with E-state index in [1.807, 2.05) is 11.2 Å². The molecule has 0 bridgehead atoms. The first-order valence-electron chi connectivity index (χ1n) is 5.62. The van der Waals surface area contributed by atoms with Gasteiger partial charge in [-0.2, -0.15) is 11.8 Å². The van der Waals surface area contributed by atoms with Crippen LogP contribution < -0.4 is 0 Å². The van der Waals surface area contributed by atoms with Crippen LogP contribution in [0.25, 0.3) is 0 Å². The maximum absolute atomic E-state index is 11.7. The standard InChI is InChI=1S/C11H19NO3S/c1-16-7-5-10(13)12-6-4-9(8-12)2-3-11(14)15/h9H,2-8H2,1H3,(H,14,15). The number of carbonyl (C=O) groups is 2. The number of aliphatic carboxylic acids is 1. The number of thioether (sulfide) groups is 1. The van der Waals surface area contributed by atoms with Gasteiger partial charge < -0.3 is 10.0 Å². The number of carbonyl (C=O) groups excluding carboxylic acids is 1. The van der Waals surface area contributed by atoms with Crippen LogP contribution in [0.15, 0.2) is 0 Å². The van der Waals surface area contributed by atoms with Gasteiger partial charge in [-0.25, -0.2) is 0 Å². The van der Waals surface area contributed by atoms with Crippen LogP contribution in [-0.2, 0) is 9.59 Å². The second-order valence-corrected chi connectivity index (χ2v) is 5.16. The first kappa shape index (κ1) is 13.4. The van der Waals surface area contributed by atoms with Crippen molar-refractivity contribution in [1.29, 1.82) is 0 Å². The molecular formula is C11H19NO3S. The minimum absolute atomic E-state index is 0.215. The highest BCUT2D eigenvalue weighted by Crippen LogP contribution is 2.21. The van der Waals surface area contributed by atoms with Crippen molar-refractivity contribution in [2.75, 3.05) is 25.1 Å². The third-order valence-electron chi connectivity index (χ3n) is 2.93. The highest BCUT2D eigenvalue weighted by molar-refractivity contribution is 7.98. The Morgan fingerprint density at radius 3 is 2.81 bits per heavy atom. The summed E-state index contributed by atoms with van der Waals surface area (Å²) < 4.78 is 0. The third-order valence-corrected chi connectivity index (χ3v) is 3.54. The van der Waals surface area contributed by atoms with Crippen molar-refractivity contribution < 1.29 is 14.7 Å². The molecular weight excluding hydrogens is 226 g/mol. The topological polar surface area (TPSA) is 57.6 Å². The molecule has 0 aromatic rings. The van der Waals surface area contributed by atoms with Crippen molar-refractivity contribution in [2.24, 2.45) is 5.92 Å². The minimum Gasteiger partial charge on any atom is -0.481 e. The lowest BCUT2D eigenvalue weighted by atomic mass is 10.0. The summed E-state index contributed by atoms with van der Waals surface area (Å²) in [6.45, 7) is 1.55. The Bertz CT molecular complexity index is 258. The van der Waals surface area contributed by atoms with Gasteiger partial charge in [0.25, 0.3) is 0 Å². The molecule has 1 amide bonds. The molecule has 1 fully saturated rings. The fourth-order valence-electron chi connectivity index (χ4n) is 1.97. The molecule has 5 heteroatoms. The van der Waals surface area contributed by atoms with E-state index in [4.69, 9.17) is 5.11 Å². The molecule has 1 unspecified atom stereocenters. The summed E-state index contributed by atoms with van der Waals surface area (Å²) >= 11 is 1.68. The van der Waals surface area contributed by atoms with E-state index in [9.17, 15) is 9.59 Å². The molecule has 4 nitrogen and oxygen atoms in total. The number of hydrogen-bond donors (Lipinski definition) is 1. The van der Waals surface area contributed by atoms with Crippen LogP contribution in [0.1, 0.15) is 25.7 Å². The van der Waals surface area contributed by atoms with E-state index >= 15 is 0 Å². The predicted molar refractivity (Wildman–Crippen MR) is 64.6 cm³/mol. The molecule has 1 aliphatic heterocycles. The van der Waals surface area contributed by atoms with Crippen molar-refractivity contribution in [3.05, 3.63) is 0 Å². The van der Waals surface area contributed by atoms with Gasteiger partial charge in [-0.15, -0.1) is 0 Å². The number of rotatable bonds is 6. The molecule has 1 rings (SSSR count). The number of carboxylic acid groups (broad SMARTS) is 1. The van der Waals surface area contributed by atoms with Gasteiger partial charge in [-0.1, -0.05) is 0 Å². The van der Waals surface area contributed by atoms with Crippen LogP contribution in [0.4, 0.5) is 0 Å². The first-order chi connectivity index (χ1) is 7.63. The minimum atomic E-state index is -0.743. The predicted octanol–water partition coefficient (Wildman–Crippen LogP) is 1.45. The Labute approximate surface area is 100 Å². The van der Waals surface area contributed by atoms with Crippen molar-refractivity contribution in [3.63, 3.8) is 0 Å². The zero-order chi connectivity index (χ0) is 12.0. The molecule has 0 saturated carbocycles. The SMILES string of the molecule is CSCCC(=O)N1CCC(CCC(=O)O)C1. The maximum atomic E-state index is 11.7. The summed E-state index contributed by atoms with van der Waals surface area (Å²) in [4.78, 5) is 24.0. The molecule has 0 radical (unpaired) electrons. The second kappa shape index (κ2) is 6.78. The lowest BCUT2D eigenvalue weighted by molar-refractivity contribution is -0.137. The average Bonchev–Trinajstić information content (AvgIpc) is 2.71. The van der Waals surface area contributed by atoms with E-state index in [1.54, 1.807) is 11.8 Å². The monoisotopic (exact) mass is 245 g/mol. The van der Waals surface area contributed by atoms with Crippen molar-refractivity contribution in [3.8, 4) is 0 Å². The average molecular weight is 245 g/mol. The summed E-state index contributed by atoms with van der Waals surface area (Å²) in [5.74, 6) is 0.725. The van der Waals surface area contributed by atoms with Gasteiger partial charge >= 0.3 is 5.97 Å². The molecule has 0 aromatic carbocycles. The van der Waals surface area contributed by atoms with Crippen LogP contribution in [0.3, 0.4) is 0 Å². The fourth-order valence-corrected chi connectivity index (χ4v) is 2.35. The van der Waals surface area contributed by atoms with Gasteiger partial charge in [0.05, 0.1) is 0 Å². The second-order valence-electron chi connectivity index (χ2n) is 4.17. The lowest BCUT2D eigenvalue weighted by Crippen LogP contribution is -2.28. The van der Waals surface area contributed by atoms with Crippen LogP contribution in [0, 0.1) is 5.92 Å². The van der Waals surface area contributed by atoms with E-state index in [0.717, 1.165) is 25.3 Å². The maximum Gasteiger partial charge on any atom is 0.303 e. The Morgan fingerprint density at radius 2 is 2.19 bits per heavy atom. The Hall–Kier alpha value is -0.710. The molecule has 16 heavy (non-hydrogen) atoms. The zero-order valence-corrected chi connectivity index (χ0v) is 10.5. The molecule has 0 aromatic heterocycles. The highest BCUT2D eigenvalue weighted by Gasteiger charge is 2.25. The number of hydrogen-bond acceptors (Lipinski definition) is 3. The highest BCUT2D eigenvalue weighted by atomic mass is 32.2. The normalized spacial score (nSPS) is 20.1. The van der Waals surface area contributed by atoms with Gasteiger partial charge in [-0.05, 0) is 25.0 Å². The van der Waals surface area contributed by atoms with E-state index in [1.165, 1.54) is 0 Å². The van der Waals surface area contributed by atoms with E-state index in [0.29, 0.717) is 18.8 Å². The van der Waals surface area contributed by atoms with Crippen LogP contribution in [0.5, 0.6) is 0 Å². The van der Waals surface area contributed by atoms with Gasteiger partial charge in [0.2, 0.25) is 5.91 Å². The summed E-state index contributed by atoms with van der Waals surface area (Å²) in [6.07, 6.45) is 4.47. The Kier molecular flexibility index (Phi) is 5.66. The molecule has 92 valence electrons. The van der Waals surface area contributed by atoms with E-state index in [-0.39, 0.29) is 12.3 Å². The number of likely N-dealkylation sites (tertiary alicyclic amines) is 1. The molecule has 1 aliphatic rings.